The third-order valence-electron chi connectivity index (χ3n) is 3.27. The van der Waals surface area contributed by atoms with E-state index in [0.29, 0.717) is 26.3 Å². The van der Waals surface area contributed by atoms with Gasteiger partial charge in [0.05, 0.1) is 5.02 Å². The molecular weight excluding hydrogens is 439 g/mol. The highest BCUT2D eigenvalue weighted by Gasteiger charge is 2.22. The van der Waals surface area contributed by atoms with Gasteiger partial charge in [-0.1, -0.05) is 54.4 Å². The van der Waals surface area contributed by atoms with E-state index in [1.807, 2.05) is 6.92 Å². The van der Waals surface area contributed by atoms with Crippen molar-refractivity contribution in [3.8, 4) is 0 Å². The van der Waals surface area contributed by atoms with Crippen LogP contribution in [0.4, 0.5) is 5.69 Å². The van der Waals surface area contributed by atoms with Crippen LogP contribution in [-0.2, 0) is 26.9 Å². The molecule has 26 heavy (non-hydrogen) atoms. The number of aryl methyl sites for hydroxylation is 1. The zero-order valence-corrected chi connectivity index (χ0v) is 17.4. The van der Waals surface area contributed by atoms with E-state index >= 15 is 0 Å². The van der Waals surface area contributed by atoms with E-state index in [1.165, 1.54) is 12.1 Å². The average molecular weight is 453 g/mol. The summed E-state index contributed by atoms with van der Waals surface area (Å²) in [4.78, 5) is 0.578. The molecule has 0 spiro atoms. The van der Waals surface area contributed by atoms with Crippen molar-refractivity contribution in [3.63, 3.8) is 0 Å². The van der Waals surface area contributed by atoms with Gasteiger partial charge in [-0.25, -0.2) is 13.6 Å². The van der Waals surface area contributed by atoms with E-state index in [9.17, 15) is 16.8 Å². The normalized spacial score (nSPS) is 11.4. The molecule has 0 saturated heterocycles. The van der Waals surface area contributed by atoms with Gasteiger partial charge in [0.1, 0.15) is 10.6 Å². The largest absolute Gasteiger partial charge is 0.316 e. The van der Waals surface area contributed by atoms with Crippen LogP contribution in [0.25, 0.3) is 0 Å². The molecule has 0 fully saturated rings. The van der Waals surface area contributed by atoms with Crippen LogP contribution < -0.4 is 5.14 Å². The van der Waals surface area contributed by atoms with Crippen LogP contribution >= 0.6 is 35.0 Å². The summed E-state index contributed by atoms with van der Waals surface area (Å²) in [5.41, 5.74) is 0.517. The van der Waals surface area contributed by atoms with E-state index < -0.39 is 20.5 Å². The Labute approximate surface area is 167 Å². The summed E-state index contributed by atoms with van der Waals surface area (Å²) in [5.74, 6) is 0. The summed E-state index contributed by atoms with van der Waals surface area (Å²) in [7, 11) is -7.04. The first-order valence-corrected chi connectivity index (χ1v) is 11.4. The predicted molar refractivity (Wildman–Crippen MR) is 103 cm³/mol. The van der Waals surface area contributed by atoms with Gasteiger partial charge in [-0.2, -0.15) is 8.42 Å². The van der Waals surface area contributed by atoms with Gasteiger partial charge in [-0.3, -0.25) is 0 Å². The number of benzene rings is 2. The summed E-state index contributed by atoms with van der Waals surface area (Å²) < 4.78 is 49.6. The van der Waals surface area contributed by atoms with Crippen molar-refractivity contribution in [1.82, 2.24) is 0 Å². The topological polar surface area (TPSA) is 107 Å². The van der Waals surface area contributed by atoms with Crippen LogP contribution in [-0.4, -0.2) is 16.8 Å². The molecule has 2 aromatic carbocycles. The third kappa shape index (κ3) is 5.21. The SMILES string of the molecule is CCCc1ccc(S(N)(=O)=O)c(N=S(=O)=O)c1Sc1ccc(Cl)cc1Cl. The first kappa shape index (κ1) is 21.2. The van der Waals surface area contributed by atoms with Gasteiger partial charge >= 0.3 is 10.5 Å². The molecule has 140 valence electrons. The summed E-state index contributed by atoms with van der Waals surface area (Å²) in [6.07, 6.45) is 1.35. The molecule has 0 bridgehead atoms. The van der Waals surface area contributed by atoms with Gasteiger partial charge in [0.2, 0.25) is 10.0 Å². The fourth-order valence-electron chi connectivity index (χ4n) is 2.23. The van der Waals surface area contributed by atoms with Gasteiger partial charge in [0.15, 0.2) is 0 Å². The molecule has 0 radical (unpaired) electrons. The first-order chi connectivity index (χ1) is 12.1. The Hall–Kier alpha value is -1.10. The van der Waals surface area contributed by atoms with Crippen LogP contribution in [0.5, 0.6) is 0 Å². The Morgan fingerprint density at radius 1 is 1.19 bits per heavy atom. The van der Waals surface area contributed by atoms with Gasteiger partial charge in [0.25, 0.3) is 0 Å². The summed E-state index contributed by atoms with van der Waals surface area (Å²) in [5, 5.41) is 6.02. The smallest absolute Gasteiger partial charge is 0.225 e. The molecule has 0 saturated carbocycles. The van der Waals surface area contributed by atoms with Crippen LogP contribution in [0.3, 0.4) is 0 Å². The Balaban J connectivity index is 2.80. The number of rotatable bonds is 6. The van der Waals surface area contributed by atoms with Gasteiger partial charge in [-0.05, 0) is 36.2 Å². The Bertz CT molecular complexity index is 1080. The summed E-state index contributed by atoms with van der Waals surface area (Å²) in [6.45, 7) is 1.94. The number of nitrogens with two attached hydrogens (primary N) is 1. The number of sulfonamides is 1. The van der Waals surface area contributed by atoms with E-state index in [1.54, 1.807) is 18.2 Å². The molecule has 2 aromatic rings. The van der Waals surface area contributed by atoms with E-state index in [4.69, 9.17) is 28.3 Å². The molecule has 6 nitrogen and oxygen atoms in total. The minimum absolute atomic E-state index is 0.220. The lowest BCUT2D eigenvalue weighted by Gasteiger charge is -2.14. The van der Waals surface area contributed by atoms with Gasteiger partial charge < -0.3 is 0 Å². The molecule has 2 N–H and O–H groups in total. The second kappa shape index (κ2) is 8.73. The van der Waals surface area contributed by atoms with Crippen molar-refractivity contribution in [3.05, 3.63) is 45.9 Å². The molecule has 0 aliphatic heterocycles. The molecule has 0 heterocycles. The Morgan fingerprint density at radius 3 is 2.42 bits per heavy atom. The maximum absolute atomic E-state index is 11.9. The van der Waals surface area contributed by atoms with E-state index in [2.05, 4.69) is 4.36 Å². The molecular formula is C15H14Cl2N2O4S3. The minimum Gasteiger partial charge on any atom is -0.225 e. The maximum Gasteiger partial charge on any atom is 0.316 e. The average Bonchev–Trinajstić information content (AvgIpc) is 2.51. The summed E-state index contributed by atoms with van der Waals surface area (Å²) in [6, 6.07) is 7.69. The molecule has 0 unspecified atom stereocenters. The van der Waals surface area contributed by atoms with Gasteiger partial charge in [-0.15, -0.1) is 4.36 Å². The highest BCUT2D eigenvalue weighted by molar-refractivity contribution is 7.99. The monoisotopic (exact) mass is 452 g/mol. The number of hydrogen-bond acceptors (Lipinski definition) is 6. The highest BCUT2D eigenvalue weighted by Crippen LogP contribution is 2.44. The Kier molecular flexibility index (Phi) is 7.12. The molecule has 0 atom stereocenters. The highest BCUT2D eigenvalue weighted by atomic mass is 35.5. The van der Waals surface area contributed by atoms with Crippen molar-refractivity contribution in [2.75, 3.05) is 0 Å². The van der Waals surface area contributed by atoms with Crippen molar-refractivity contribution in [2.24, 2.45) is 9.50 Å². The zero-order chi connectivity index (χ0) is 19.5. The van der Waals surface area contributed by atoms with Crippen LogP contribution in [0.15, 0.2) is 49.4 Å². The van der Waals surface area contributed by atoms with Gasteiger partial charge in [0, 0.05) is 14.8 Å². The molecule has 0 aromatic heterocycles. The fraction of sp³-hybridized carbons (Fsp3) is 0.200. The van der Waals surface area contributed by atoms with Crippen LogP contribution in [0.1, 0.15) is 18.9 Å². The molecule has 11 heteroatoms. The number of hydrogen-bond donors (Lipinski definition) is 1. The van der Waals surface area contributed by atoms with Crippen LogP contribution in [0.2, 0.25) is 10.0 Å². The van der Waals surface area contributed by atoms with Crippen LogP contribution in [0, 0.1) is 0 Å². The Morgan fingerprint density at radius 2 is 1.88 bits per heavy atom. The van der Waals surface area contributed by atoms with E-state index in [-0.39, 0.29) is 10.6 Å². The van der Waals surface area contributed by atoms with Crippen molar-refractivity contribution < 1.29 is 16.8 Å². The fourth-order valence-corrected chi connectivity index (χ4v) is 5.02. The maximum atomic E-state index is 11.9. The number of nitrogens with zero attached hydrogens (tertiary/aromatic N) is 1. The zero-order valence-electron chi connectivity index (χ0n) is 13.4. The predicted octanol–water partition coefficient (Wildman–Crippen LogP) is 4.44. The van der Waals surface area contributed by atoms with Crippen molar-refractivity contribution in [1.29, 1.82) is 0 Å². The molecule has 0 aliphatic carbocycles. The second-order valence-electron chi connectivity index (χ2n) is 5.18. The third-order valence-corrected chi connectivity index (χ3v) is 6.44. The van der Waals surface area contributed by atoms with Crippen molar-refractivity contribution in [2.45, 2.75) is 34.5 Å². The molecule has 0 aliphatic rings. The first-order valence-electron chi connectivity index (χ1n) is 7.26. The second-order valence-corrected chi connectivity index (χ2v) is 9.22. The quantitative estimate of drug-likeness (QED) is 0.696. The minimum atomic E-state index is -4.18. The summed E-state index contributed by atoms with van der Waals surface area (Å²) >= 11 is 13.2. The molecule has 2 rings (SSSR count). The van der Waals surface area contributed by atoms with Crippen molar-refractivity contribution >= 4 is 61.2 Å². The lowest BCUT2D eigenvalue weighted by atomic mass is 10.1. The van der Waals surface area contributed by atoms with E-state index in [0.717, 1.165) is 23.7 Å². The lowest BCUT2D eigenvalue weighted by molar-refractivity contribution is 0.598. The number of primary sulfonamides is 1. The molecule has 0 amide bonds. The number of halogens is 2. The standard InChI is InChI=1S/C15H14Cl2N2O4S3/c1-2-3-9-4-7-13(26(18,22)23)14(19-25(20)21)15(9)24-12-6-5-10(16)8-11(12)17/h4-8H,2-3H2,1H3,(H2,18,22,23). The lowest BCUT2D eigenvalue weighted by Crippen LogP contribution is -2.13.